The van der Waals surface area contributed by atoms with Gasteiger partial charge in [0.05, 0.1) is 23.5 Å². The Kier molecular flexibility index (Phi) is 5.29. The second-order valence-electron chi connectivity index (χ2n) is 8.47. The molecule has 1 amide bonds. The van der Waals surface area contributed by atoms with Crippen molar-refractivity contribution < 1.29 is 13.6 Å². The predicted molar refractivity (Wildman–Crippen MR) is 128 cm³/mol. The first-order valence-corrected chi connectivity index (χ1v) is 10.9. The van der Waals surface area contributed by atoms with Crippen LogP contribution in [0.3, 0.4) is 0 Å². The Morgan fingerprint density at radius 2 is 1.71 bits per heavy atom. The summed E-state index contributed by atoms with van der Waals surface area (Å²) in [6.45, 7) is 1.77. The first-order chi connectivity index (χ1) is 16.2. The number of hydrogen-bond acceptors (Lipinski definition) is 4. The lowest BCUT2D eigenvalue weighted by atomic mass is 9.77. The molecule has 0 bridgehead atoms. The van der Waals surface area contributed by atoms with E-state index in [0.29, 0.717) is 27.7 Å². The molecule has 0 spiro atoms. The van der Waals surface area contributed by atoms with Gasteiger partial charge in [0, 0.05) is 11.1 Å². The van der Waals surface area contributed by atoms with Crippen LogP contribution in [0.5, 0.6) is 0 Å². The summed E-state index contributed by atoms with van der Waals surface area (Å²) in [6.07, 6.45) is 2.89. The van der Waals surface area contributed by atoms with Crippen molar-refractivity contribution in [2.75, 3.05) is 10.6 Å². The van der Waals surface area contributed by atoms with Crippen LogP contribution in [0.2, 0.25) is 5.02 Å². The molecule has 2 heterocycles. The molecule has 8 heteroatoms. The van der Waals surface area contributed by atoms with Gasteiger partial charge in [-0.05, 0) is 72.0 Å². The van der Waals surface area contributed by atoms with Crippen LogP contribution >= 0.6 is 11.6 Å². The third kappa shape index (κ3) is 3.78. The molecule has 1 aliphatic heterocycles. The number of carbonyl (C=O) groups is 1. The maximum Gasteiger partial charge on any atom is 0.243 e. The number of hydrogen-bond donors (Lipinski definition) is 1. The lowest BCUT2D eigenvalue weighted by Crippen LogP contribution is -2.38. The zero-order valence-electron chi connectivity index (χ0n) is 18.1. The summed E-state index contributed by atoms with van der Waals surface area (Å²) >= 11 is 6.19. The van der Waals surface area contributed by atoms with Gasteiger partial charge in [0.1, 0.15) is 17.5 Å². The van der Waals surface area contributed by atoms with Crippen molar-refractivity contribution in [3.8, 4) is 11.1 Å². The molecule has 4 aromatic rings. The lowest BCUT2D eigenvalue weighted by Gasteiger charge is -2.24. The molecule has 170 valence electrons. The van der Waals surface area contributed by atoms with E-state index in [9.17, 15) is 13.6 Å². The number of nitrogen functional groups attached to an aromatic ring is 1. The monoisotopic (exact) mass is 476 g/mol. The van der Waals surface area contributed by atoms with Gasteiger partial charge in [-0.25, -0.2) is 18.7 Å². The highest BCUT2D eigenvalue weighted by molar-refractivity contribution is 6.30. The number of amides is 1. The highest BCUT2D eigenvalue weighted by atomic mass is 35.5. The number of anilines is 3. The minimum atomic E-state index is -1.12. The third-order valence-electron chi connectivity index (χ3n) is 6.03. The lowest BCUT2D eigenvalue weighted by molar-refractivity contribution is -0.122. The van der Waals surface area contributed by atoms with Gasteiger partial charge in [-0.15, -0.1) is 0 Å². The van der Waals surface area contributed by atoms with Crippen molar-refractivity contribution in [3.63, 3.8) is 0 Å². The molecule has 5 rings (SSSR count). The maximum absolute atomic E-state index is 13.9. The molecular weight excluding hydrogens is 458 g/mol. The average Bonchev–Trinajstić information content (AvgIpc) is 3.00. The largest absolute Gasteiger partial charge is 0.382 e. The fraction of sp³-hybridized carbons (Fsp3) is 0.115. The van der Waals surface area contributed by atoms with Crippen LogP contribution in [0.15, 0.2) is 73.1 Å². The zero-order valence-corrected chi connectivity index (χ0v) is 18.9. The number of rotatable bonds is 4. The molecule has 0 saturated heterocycles. The van der Waals surface area contributed by atoms with Crippen molar-refractivity contribution in [1.29, 1.82) is 0 Å². The van der Waals surface area contributed by atoms with E-state index in [1.807, 2.05) is 36.4 Å². The SMILES string of the molecule is CC1(Cc2cc(F)cc(F)c2)C(=O)N(c2cnc(N)cn2)c2ccc(-c3cccc(Cl)c3)cc21. The number of nitrogens with two attached hydrogens (primary N) is 1. The van der Waals surface area contributed by atoms with Crippen LogP contribution in [0, 0.1) is 11.6 Å². The number of carbonyl (C=O) groups excluding carboxylic acids is 1. The van der Waals surface area contributed by atoms with Crippen molar-refractivity contribution in [2.45, 2.75) is 18.8 Å². The predicted octanol–water partition coefficient (Wildman–Crippen LogP) is 5.84. The Morgan fingerprint density at radius 1 is 0.971 bits per heavy atom. The van der Waals surface area contributed by atoms with Crippen molar-refractivity contribution in [1.82, 2.24) is 9.97 Å². The second-order valence-corrected chi connectivity index (χ2v) is 8.91. The highest BCUT2D eigenvalue weighted by Gasteiger charge is 2.48. The van der Waals surface area contributed by atoms with Gasteiger partial charge >= 0.3 is 0 Å². The molecule has 1 aromatic heterocycles. The summed E-state index contributed by atoms with van der Waals surface area (Å²) in [5, 5.41) is 0.589. The molecule has 1 atom stereocenters. The second kappa shape index (κ2) is 8.18. The van der Waals surface area contributed by atoms with E-state index in [-0.39, 0.29) is 18.1 Å². The Balaban J connectivity index is 1.68. The Bertz CT molecular complexity index is 1410. The molecule has 5 nitrogen and oxygen atoms in total. The smallest absolute Gasteiger partial charge is 0.243 e. The summed E-state index contributed by atoms with van der Waals surface area (Å²) < 4.78 is 27.9. The molecule has 0 radical (unpaired) electrons. The van der Waals surface area contributed by atoms with Crippen LogP contribution < -0.4 is 10.6 Å². The van der Waals surface area contributed by atoms with E-state index in [4.69, 9.17) is 17.3 Å². The molecule has 0 fully saturated rings. The van der Waals surface area contributed by atoms with Gasteiger partial charge < -0.3 is 5.73 Å². The van der Waals surface area contributed by atoms with Crippen LogP contribution in [0.4, 0.5) is 26.1 Å². The molecule has 0 aliphatic carbocycles. The van der Waals surface area contributed by atoms with E-state index in [2.05, 4.69) is 9.97 Å². The van der Waals surface area contributed by atoms with Crippen LogP contribution in [-0.4, -0.2) is 15.9 Å². The minimum absolute atomic E-state index is 0.0887. The standard InChI is InChI=1S/C26H19ClF2N4O/c1-26(12-15-7-19(28)11-20(29)8-15)21-10-17(16-3-2-4-18(27)9-16)5-6-22(21)33(25(26)34)24-14-31-23(30)13-32-24/h2-11,13-14H,12H2,1H3,(H2,30,31). The number of benzene rings is 3. The van der Waals surface area contributed by atoms with Crippen molar-refractivity contribution >= 4 is 34.8 Å². The van der Waals surface area contributed by atoms with Gasteiger partial charge in [-0.3, -0.25) is 9.69 Å². The van der Waals surface area contributed by atoms with Gasteiger partial charge in [0.15, 0.2) is 5.82 Å². The Hall–Kier alpha value is -3.84. The summed E-state index contributed by atoms with van der Waals surface area (Å²) in [4.78, 5) is 23.7. The molecular formula is C26H19ClF2N4O. The van der Waals surface area contributed by atoms with Gasteiger partial charge in [-0.1, -0.05) is 29.8 Å². The molecule has 2 N–H and O–H groups in total. The zero-order chi connectivity index (χ0) is 24.0. The fourth-order valence-corrected chi connectivity index (χ4v) is 4.65. The summed E-state index contributed by atoms with van der Waals surface area (Å²) in [7, 11) is 0. The third-order valence-corrected chi connectivity index (χ3v) is 6.27. The van der Waals surface area contributed by atoms with E-state index in [1.54, 1.807) is 13.0 Å². The van der Waals surface area contributed by atoms with Gasteiger partial charge in [0.25, 0.3) is 0 Å². The number of nitrogens with zero attached hydrogens (tertiary/aromatic N) is 3. The summed E-state index contributed by atoms with van der Waals surface area (Å²) in [6, 6.07) is 16.3. The quantitative estimate of drug-likeness (QED) is 0.402. The normalized spacial score (nSPS) is 17.2. The van der Waals surface area contributed by atoms with Crippen LogP contribution in [0.25, 0.3) is 11.1 Å². The first kappa shape index (κ1) is 22.0. The van der Waals surface area contributed by atoms with Crippen molar-refractivity contribution in [2.24, 2.45) is 0 Å². The molecule has 1 aliphatic rings. The van der Waals surface area contributed by atoms with E-state index in [0.717, 1.165) is 17.2 Å². The summed E-state index contributed by atoms with van der Waals surface area (Å²) in [5.74, 6) is -1.14. The topological polar surface area (TPSA) is 72.1 Å². The highest BCUT2D eigenvalue weighted by Crippen LogP contribution is 2.48. The maximum atomic E-state index is 13.9. The Labute approximate surface area is 199 Å². The number of fused-ring (bicyclic) bond motifs is 1. The average molecular weight is 477 g/mol. The number of aromatic nitrogens is 2. The van der Waals surface area contributed by atoms with Crippen LogP contribution in [0.1, 0.15) is 18.1 Å². The van der Waals surface area contributed by atoms with E-state index in [1.165, 1.54) is 29.4 Å². The molecule has 0 saturated carbocycles. The summed E-state index contributed by atoms with van der Waals surface area (Å²) in [5.41, 5.74) is 8.00. The molecule has 1 unspecified atom stereocenters. The number of halogens is 3. The van der Waals surface area contributed by atoms with Crippen molar-refractivity contribution in [3.05, 3.63) is 101 Å². The minimum Gasteiger partial charge on any atom is -0.382 e. The molecule has 34 heavy (non-hydrogen) atoms. The molecule has 3 aromatic carbocycles. The van der Waals surface area contributed by atoms with Gasteiger partial charge in [0.2, 0.25) is 5.91 Å². The van der Waals surface area contributed by atoms with E-state index >= 15 is 0 Å². The fourth-order valence-electron chi connectivity index (χ4n) is 4.46. The Morgan fingerprint density at radius 3 is 2.38 bits per heavy atom. The van der Waals surface area contributed by atoms with E-state index < -0.39 is 17.0 Å². The first-order valence-electron chi connectivity index (χ1n) is 10.5. The van der Waals surface area contributed by atoms with Gasteiger partial charge in [-0.2, -0.15) is 0 Å². The van der Waals surface area contributed by atoms with Crippen LogP contribution in [-0.2, 0) is 16.6 Å².